The van der Waals surface area contributed by atoms with Crippen LogP contribution in [0.4, 0.5) is 0 Å². The highest BCUT2D eigenvalue weighted by Gasteiger charge is 2.39. The Morgan fingerprint density at radius 2 is 1.85 bits per heavy atom. The Labute approximate surface area is 125 Å². The first kappa shape index (κ1) is 13.8. The Bertz CT molecular complexity index is 537. The van der Waals surface area contributed by atoms with E-state index in [9.17, 15) is 0 Å². The maximum atomic E-state index is 6.16. The van der Waals surface area contributed by atoms with Crippen LogP contribution in [0.15, 0.2) is 41.8 Å². The van der Waals surface area contributed by atoms with E-state index in [1.54, 1.807) is 0 Å². The first-order valence-electron chi connectivity index (χ1n) is 7.24. The monoisotopic (exact) mass is 286 g/mol. The predicted octanol–water partition coefficient (Wildman–Crippen LogP) is 2.72. The highest BCUT2D eigenvalue weighted by molar-refractivity contribution is 7.09. The fraction of sp³-hybridized carbons (Fsp3) is 0.412. The number of rotatable bonds is 5. The van der Waals surface area contributed by atoms with Gasteiger partial charge in [-0.3, -0.25) is 4.90 Å². The summed E-state index contributed by atoms with van der Waals surface area (Å²) in [6, 6.07) is 13.1. The maximum Gasteiger partial charge on any atom is 0.0409 e. The van der Waals surface area contributed by atoms with Crippen LogP contribution in [0.25, 0.3) is 0 Å². The molecule has 3 rings (SSSR count). The third-order valence-electron chi connectivity index (χ3n) is 4.62. The molecule has 0 radical (unpaired) electrons. The zero-order chi connectivity index (χ0) is 14.0. The number of hydrogen-bond donors (Lipinski definition) is 1. The highest BCUT2D eigenvalue weighted by Crippen LogP contribution is 2.33. The topological polar surface area (TPSA) is 29.3 Å². The van der Waals surface area contributed by atoms with Gasteiger partial charge in [0.15, 0.2) is 0 Å². The van der Waals surface area contributed by atoms with Crippen molar-refractivity contribution < 1.29 is 0 Å². The predicted molar refractivity (Wildman–Crippen MR) is 86.3 cm³/mol. The molecule has 0 saturated carbocycles. The molecule has 0 amide bonds. The van der Waals surface area contributed by atoms with E-state index < -0.39 is 0 Å². The minimum Gasteiger partial charge on any atom is -0.329 e. The van der Waals surface area contributed by atoms with Crippen molar-refractivity contribution in [2.24, 2.45) is 5.73 Å². The largest absolute Gasteiger partial charge is 0.329 e. The second-order valence-electron chi connectivity index (χ2n) is 5.80. The van der Waals surface area contributed by atoms with Crippen LogP contribution in [0.3, 0.4) is 0 Å². The molecule has 0 saturated heterocycles. The molecule has 2 nitrogen and oxygen atoms in total. The molecule has 0 spiro atoms. The molecule has 0 bridgehead atoms. The molecule has 20 heavy (non-hydrogen) atoms. The van der Waals surface area contributed by atoms with Crippen molar-refractivity contribution in [1.82, 2.24) is 4.90 Å². The van der Waals surface area contributed by atoms with Gasteiger partial charge in [-0.25, -0.2) is 0 Å². The summed E-state index contributed by atoms with van der Waals surface area (Å²) in [4.78, 5) is 3.94. The lowest BCUT2D eigenvalue weighted by atomic mass is 9.93. The maximum absolute atomic E-state index is 6.16. The summed E-state index contributed by atoms with van der Waals surface area (Å²) in [7, 11) is 2.23. The van der Waals surface area contributed by atoms with E-state index in [2.05, 4.69) is 53.7 Å². The van der Waals surface area contributed by atoms with Gasteiger partial charge in [-0.15, -0.1) is 11.3 Å². The Kier molecular flexibility index (Phi) is 3.92. The molecule has 1 aliphatic rings. The molecule has 1 heterocycles. The van der Waals surface area contributed by atoms with Crippen LogP contribution < -0.4 is 5.73 Å². The first-order valence-corrected chi connectivity index (χ1v) is 8.12. The zero-order valence-corrected chi connectivity index (χ0v) is 12.8. The molecule has 106 valence electrons. The van der Waals surface area contributed by atoms with Crippen LogP contribution in [-0.4, -0.2) is 30.6 Å². The lowest BCUT2D eigenvalue weighted by Gasteiger charge is -2.38. The van der Waals surface area contributed by atoms with Gasteiger partial charge in [-0.05, 0) is 48.9 Å². The molecule has 3 heteroatoms. The van der Waals surface area contributed by atoms with Crippen LogP contribution in [0.2, 0.25) is 0 Å². The fourth-order valence-corrected chi connectivity index (χ4v) is 3.91. The van der Waals surface area contributed by atoms with Crippen molar-refractivity contribution in [3.63, 3.8) is 0 Å². The lowest BCUT2D eigenvalue weighted by Crippen LogP contribution is -2.53. The molecule has 0 unspecified atom stereocenters. The number of likely N-dealkylation sites (N-methyl/N-ethyl adjacent to an activating group) is 1. The third kappa shape index (κ3) is 2.53. The quantitative estimate of drug-likeness (QED) is 0.916. The van der Waals surface area contributed by atoms with Gasteiger partial charge in [0.25, 0.3) is 0 Å². The number of benzene rings is 1. The van der Waals surface area contributed by atoms with Gasteiger partial charge >= 0.3 is 0 Å². The van der Waals surface area contributed by atoms with Gasteiger partial charge in [0.1, 0.15) is 0 Å². The number of thiophene rings is 1. The van der Waals surface area contributed by atoms with E-state index in [0.29, 0.717) is 0 Å². The summed E-state index contributed by atoms with van der Waals surface area (Å²) in [5, 5.41) is 2.15. The molecule has 1 aromatic carbocycles. The molecule has 1 aromatic heterocycles. The molecule has 1 aliphatic carbocycles. The first-order chi connectivity index (χ1) is 9.73. The smallest absolute Gasteiger partial charge is 0.0409 e. The molecule has 2 N–H and O–H groups in total. The van der Waals surface area contributed by atoms with Crippen LogP contribution in [0, 0.1) is 0 Å². The summed E-state index contributed by atoms with van der Waals surface area (Å²) in [5.74, 6) is 0. The van der Waals surface area contributed by atoms with E-state index in [4.69, 9.17) is 5.73 Å². The highest BCUT2D eigenvalue weighted by atomic mass is 32.1. The summed E-state index contributed by atoms with van der Waals surface area (Å²) in [5.41, 5.74) is 9.22. The summed E-state index contributed by atoms with van der Waals surface area (Å²) < 4.78 is 0. The minimum atomic E-state index is 0.112. The Hall–Kier alpha value is -1.16. The molecule has 0 atom stereocenters. The second-order valence-corrected chi connectivity index (χ2v) is 6.83. The summed E-state index contributed by atoms with van der Waals surface area (Å²) >= 11 is 1.84. The second kappa shape index (κ2) is 5.68. The van der Waals surface area contributed by atoms with Gasteiger partial charge in [0.2, 0.25) is 0 Å². The van der Waals surface area contributed by atoms with Gasteiger partial charge in [-0.2, -0.15) is 0 Å². The standard InChI is InChI=1S/C17H22N2S/c1-19(9-8-16-7-4-10-20-16)17(13-18)11-14-5-2-3-6-15(14)12-17/h2-7,10H,8-9,11-13,18H2,1H3. The molecule has 0 aliphatic heterocycles. The third-order valence-corrected chi connectivity index (χ3v) is 5.56. The van der Waals surface area contributed by atoms with E-state index in [0.717, 1.165) is 32.4 Å². The van der Waals surface area contributed by atoms with Crippen molar-refractivity contribution >= 4 is 11.3 Å². The van der Waals surface area contributed by atoms with Crippen molar-refractivity contribution in [3.8, 4) is 0 Å². The average molecular weight is 286 g/mol. The number of nitrogens with zero attached hydrogens (tertiary/aromatic N) is 1. The van der Waals surface area contributed by atoms with E-state index >= 15 is 0 Å². The Balaban J connectivity index is 1.71. The normalized spacial score (nSPS) is 16.6. The van der Waals surface area contributed by atoms with E-state index in [-0.39, 0.29) is 5.54 Å². The zero-order valence-electron chi connectivity index (χ0n) is 12.0. The SMILES string of the molecule is CN(CCc1cccs1)C1(CN)Cc2ccccc2C1. The van der Waals surface area contributed by atoms with Crippen molar-refractivity contribution in [3.05, 3.63) is 57.8 Å². The molecular formula is C17H22N2S. The van der Waals surface area contributed by atoms with Gasteiger partial charge < -0.3 is 5.73 Å². The van der Waals surface area contributed by atoms with Crippen molar-refractivity contribution in [2.75, 3.05) is 20.1 Å². The molecule has 2 aromatic rings. The molecule has 0 fully saturated rings. The Morgan fingerprint density at radius 3 is 2.40 bits per heavy atom. The van der Waals surface area contributed by atoms with E-state index in [1.807, 2.05) is 11.3 Å². The average Bonchev–Trinajstić information content (AvgIpc) is 3.12. The van der Waals surface area contributed by atoms with Gasteiger partial charge in [-0.1, -0.05) is 30.3 Å². The van der Waals surface area contributed by atoms with Crippen LogP contribution >= 0.6 is 11.3 Å². The Morgan fingerprint density at radius 1 is 1.15 bits per heavy atom. The lowest BCUT2D eigenvalue weighted by molar-refractivity contribution is 0.137. The summed E-state index contributed by atoms with van der Waals surface area (Å²) in [6.45, 7) is 1.80. The van der Waals surface area contributed by atoms with Crippen LogP contribution in [0.5, 0.6) is 0 Å². The van der Waals surface area contributed by atoms with Crippen LogP contribution in [0.1, 0.15) is 16.0 Å². The number of fused-ring (bicyclic) bond motifs is 1. The van der Waals surface area contributed by atoms with E-state index in [1.165, 1.54) is 16.0 Å². The van der Waals surface area contributed by atoms with Crippen molar-refractivity contribution in [1.29, 1.82) is 0 Å². The van der Waals surface area contributed by atoms with Gasteiger partial charge in [0, 0.05) is 23.5 Å². The minimum absolute atomic E-state index is 0.112. The van der Waals surface area contributed by atoms with Crippen LogP contribution in [-0.2, 0) is 19.3 Å². The van der Waals surface area contributed by atoms with Crippen molar-refractivity contribution in [2.45, 2.75) is 24.8 Å². The number of nitrogens with two attached hydrogens (primary N) is 1. The number of hydrogen-bond acceptors (Lipinski definition) is 3. The van der Waals surface area contributed by atoms with Gasteiger partial charge in [0.05, 0.1) is 0 Å². The molecular weight excluding hydrogens is 264 g/mol. The fourth-order valence-electron chi connectivity index (χ4n) is 3.21. The summed E-state index contributed by atoms with van der Waals surface area (Å²) in [6.07, 6.45) is 3.29.